The van der Waals surface area contributed by atoms with Crippen LogP contribution in [-0.4, -0.2) is 36.6 Å². The standard InChI is InChI=1S/C21H23N3O4S/c1-4-27-17-9-6-14(10-18(17)28-5-2)21(26)22-12-20(25)24-15-7-8-16-19(11-15)29-13(3)23-16/h6-11H,4-5,12H2,1-3H3,(H,22,26)(H,24,25). The van der Waals surface area contributed by atoms with E-state index in [0.717, 1.165) is 15.2 Å². The maximum Gasteiger partial charge on any atom is 0.251 e. The van der Waals surface area contributed by atoms with Gasteiger partial charge in [0, 0.05) is 11.3 Å². The van der Waals surface area contributed by atoms with Gasteiger partial charge in [0.1, 0.15) is 0 Å². The van der Waals surface area contributed by atoms with Crippen LogP contribution in [0.15, 0.2) is 36.4 Å². The van der Waals surface area contributed by atoms with E-state index in [9.17, 15) is 9.59 Å². The molecule has 29 heavy (non-hydrogen) atoms. The van der Waals surface area contributed by atoms with Crippen molar-refractivity contribution in [3.8, 4) is 11.5 Å². The predicted octanol–water partition coefficient (Wildman–Crippen LogP) is 3.77. The van der Waals surface area contributed by atoms with Crippen molar-refractivity contribution in [3.05, 3.63) is 47.0 Å². The maximum atomic E-state index is 12.4. The number of carbonyl (C=O) groups excluding carboxylic acids is 2. The molecular formula is C21H23N3O4S. The lowest BCUT2D eigenvalue weighted by Gasteiger charge is -2.12. The van der Waals surface area contributed by atoms with Crippen molar-refractivity contribution in [2.75, 3.05) is 25.1 Å². The zero-order chi connectivity index (χ0) is 20.8. The third-order valence-corrected chi connectivity index (χ3v) is 4.93. The molecule has 2 aromatic carbocycles. The molecule has 152 valence electrons. The van der Waals surface area contributed by atoms with E-state index in [1.54, 1.807) is 35.6 Å². The minimum Gasteiger partial charge on any atom is -0.490 e. The summed E-state index contributed by atoms with van der Waals surface area (Å²) in [5.41, 5.74) is 1.96. The number of anilines is 1. The second kappa shape index (κ2) is 9.38. The number of nitrogens with zero attached hydrogens (tertiary/aromatic N) is 1. The zero-order valence-corrected chi connectivity index (χ0v) is 17.4. The summed E-state index contributed by atoms with van der Waals surface area (Å²) in [6.45, 7) is 6.49. The number of carbonyl (C=O) groups is 2. The Morgan fingerprint density at radius 2 is 1.79 bits per heavy atom. The molecule has 0 saturated heterocycles. The molecule has 3 rings (SSSR count). The average Bonchev–Trinajstić information content (AvgIpc) is 3.07. The molecule has 7 nitrogen and oxygen atoms in total. The molecule has 2 N–H and O–H groups in total. The van der Waals surface area contributed by atoms with Gasteiger partial charge in [-0.25, -0.2) is 4.98 Å². The van der Waals surface area contributed by atoms with E-state index in [2.05, 4.69) is 15.6 Å². The number of hydrogen-bond acceptors (Lipinski definition) is 6. The van der Waals surface area contributed by atoms with Crippen LogP contribution in [0.4, 0.5) is 5.69 Å². The monoisotopic (exact) mass is 413 g/mol. The molecule has 0 aliphatic carbocycles. The van der Waals surface area contributed by atoms with E-state index in [1.807, 2.05) is 32.9 Å². The number of hydrogen-bond donors (Lipinski definition) is 2. The normalized spacial score (nSPS) is 10.6. The summed E-state index contributed by atoms with van der Waals surface area (Å²) < 4.78 is 12.0. The number of aryl methyl sites for hydroxylation is 1. The molecule has 1 heterocycles. The predicted molar refractivity (Wildman–Crippen MR) is 114 cm³/mol. The third kappa shape index (κ3) is 5.23. The van der Waals surface area contributed by atoms with Gasteiger partial charge in [0.15, 0.2) is 11.5 Å². The lowest BCUT2D eigenvalue weighted by molar-refractivity contribution is -0.115. The molecule has 0 unspecified atom stereocenters. The van der Waals surface area contributed by atoms with Crippen LogP contribution >= 0.6 is 11.3 Å². The summed E-state index contributed by atoms with van der Waals surface area (Å²) in [6.07, 6.45) is 0. The highest BCUT2D eigenvalue weighted by Crippen LogP contribution is 2.28. The fourth-order valence-electron chi connectivity index (χ4n) is 2.78. The first kappa shape index (κ1) is 20.6. The van der Waals surface area contributed by atoms with Crippen LogP contribution in [0.3, 0.4) is 0 Å². The van der Waals surface area contributed by atoms with Gasteiger partial charge in [-0.1, -0.05) is 0 Å². The Balaban J connectivity index is 1.60. The van der Waals surface area contributed by atoms with Crippen molar-refractivity contribution in [3.63, 3.8) is 0 Å². The molecule has 3 aromatic rings. The Bertz CT molecular complexity index is 1030. The van der Waals surface area contributed by atoms with Crippen LogP contribution in [0.25, 0.3) is 10.2 Å². The fourth-order valence-corrected chi connectivity index (χ4v) is 3.64. The number of thiazole rings is 1. The number of ether oxygens (including phenoxy) is 2. The minimum absolute atomic E-state index is 0.143. The van der Waals surface area contributed by atoms with Gasteiger partial charge >= 0.3 is 0 Å². The van der Waals surface area contributed by atoms with Crippen molar-refractivity contribution in [2.24, 2.45) is 0 Å². The topological polar surface area (TPSA) is 89.5 Å². The summed E-state index contributed by atoms with van der Waals surface area (Å²) in [6, 6.07) is 10.5. The highest BCUT2D eigenvalue weighted by molar-refractivity contribution is 7.18. The van der Waals surface area contributed by atoms with Crippen molar-refractivity contribution < 1.29 is 19.1 Å². The van der Waals surface area contributed by atoms with Crippen LogP contribution < -0.4 is 20.1 Å². The third-order valence-electron chi connectivity index (χ3n) is 3.99. The Morgan fingerprint density at radius 3 is 2.55 bits per heavy atom. The van der Waals surface area contributed by atoms with Gasteiger partial charge in [0.05, 0.1) is 35.0 Å². The van der Waals surface area contributed by atoms with E-state index in [0.29, 0.717) is 36.0 Å². The summed E-state index contributed by atoms with van der Waals surface area (Å²) in [5.74, 6) is 0.407. The second-order valence-corrected chi connectivity index (χ2v) is 7.41. The summed E-state index contributed by atoms with van der Waals surface area (Å²) in [4.78, 5) is 29.0. The first-order valence-electron chi connectivity index (χ1n) is 9.35. The first-order chi connectivity index (χ1) is 14.0. The summed E-state index contributed by atoms with van der Waals surface area (Å²) >= 11 is 1.56. The van der Waals surface area contributed by atoms with Gasteiger partial charge in [0.2, 0.25) is 5.91 Å². The first-order valence-corrected chi connectivity index (χ1v) is 10.2. The van der Waals surface area contributed by atoms with Gasteiger partial charge < -0.3 is 20.1 Å². The van der Waals surface area contributed by atoms with Gasteiger partial charge in [-0.05, 0) is 57.2 Å². The zero-order valence-electron chi connectivity index (χ0n) is 16.6. The van der Waals surface area contributed by atoms with Crippen molar-refractivity contribution in [1.29, 1.82) is 0 Å². The molecule has 1 aromatic heterocycles. The average molecular weight is 413 g/mol. The van der Waals surface area contributed by atoms with Crippen molar-refractivity contribution >= 4 is 39.1 Å². The number of rotatable bonds is 8. The van der Waals surface area contributed by atoms with Crippen LogP contribution in [0, 0.1) is 6.92 Å². The van der Waals surface area contributed by atoms with Gasteiger partial charge in [-0.15, -0.1) is 11.3 Å². The van der Waals surface area contributed by atoms with Crippen LogP contribution in [0.2, 0.25) is 0 Å². The molecule has 0 bridgehead atoms. The van der Waals surface area contributed by atoms with Gasteiger partial charge in [0.25, 0.3) is 5.91 Å². The Morgan fingerprint density at radius 1 is 1.03 bits per heavy atom. The summed E-state index contributed by atoms with van der Waals surface area (Å²) in [5, 5.41) is 6.38. The van der Waals surface area contributed by atoms with E-state index in [4.69, 9.17) is 9.47 Å². The molecule has 0 aliphatic rings. The molecule has 0 fully saturated rings. The van der Waals surface area contributed by atoms with Crippen molar-refractivity contribution in [1.82, 2.24) is 10.3 Å². The van der Waals surface area contributed by atoms with Gasteiger partial charge in [-0.3, -0.25) is 9.59 Å². The number of amides is 2. The molecule has 2 amide bonds. The van der Waals surface area contributed by atoms with Crippen LogP contribution in [-0.2, 0) is 4.79 Å². The molecule has 0 radical (unpaired) electrons. The number of aromatic nitrogens is 1. The largest absolute Gasteiger partial charge is 0.490 e. The van der Waals surface area contributed by atoms with Crippen molar-refractivity contribution in [2.45, 2.75) is 20.8 Å². The lowest BCUT2D eigenvalue weighted by atomic mass is 10.2. The molecular weight excluding hydrogens is 390 g/mol. The quantitative estimate of drug-likeness (QED) is 0.587. The number of fused-ring (bicyclic) bond motifs is 1. The Labute approximate surface area is 173 Å². The van der Waals surface area contributed by atoms with Crippen LogP contribution in [0.5, 0.6) is 11.5 Å². The van der Waals surface area contributed by atoms with E-state index in [-0.39, 0.29) is 18.4 Å². The van der Waals surface area contributed by atoms with Crippen LogP contribution in [0.1, 0.15) is 29.2 Å². The molecule has 0 spiro atoms. The van der Waals surface area contributed by atoms with Gasteiger partial charge in [-0.2, -0.15) is 0 Å². The smallest absolute Gasteiger partial charge is 0.251 e. The summed E-state index contributed by atoms with van der Waals surface area (Å²) in [7, 11) is 0. The maximum absolute atomic E-state index is 12.4. The molecule has 0 aliphatic heterocycles. The fraction of sp³-hybridized carbons (Fsp3) is 0.286. The molecule has 0 atom stereocenters. The number of nitrogens with one attached hydrogen (secondary N) is 2. The Hall–Kier alpha value is -3.13. The highest BCUT2D eigenvalue weighted by atomic mass is 32.1. The van der Waals surface area contributed by atoms with E-state index in [1.165, 1.54) is 0 Å². The Kier molecular flexibility index (Phi) is 6.66. The van der Waals surface area contributed by atoms with E-state index >= 15 is 0 Å². The molecule has 8 heteroatoms. The molecule has 0 saturated carbocycles. The highest BCUT2D eigenvalue weighted by Gasteiger charge is 2.13. The second-order valence-electron chi connectivity index (χ2n) is 6.17. The van der Waals surface area contributed by atoms with E-state index < -0.39 is 0 Å². The minimum atomic E-state index is -0.363. The number of benzene rings is 2. The lowest BCUT2D eigenvalue weighted by Crippen LogP contribution is -2.32. The SMILES string of the molecule is CCOc1ccc(C(=O)NCC(=O)Nc2ccc3nc(C)sc3c2)cc1OCC.